The first-order chi connectivity index (χ1) is 12.3. The predicted molar refractivity (Wildman–Crippen MR) is 93.9 cm³/mol. The van der Waals surface area contributed by atoms with E-state index in [1.165, 1.54) is 35.3 Å². The number of rotatable bonds is 3. The van der Waals surface area contributed by atoms with Gasteiger partial charge in [0.05, 0.1) is 18.3 Å². The second-order valence-corrected chi connectivity index (χ2v) is 6.34. The van der Waals surface area contributed by atoms with Crippen LogP contribution in [0.2, 0.25) is 5.02 Å². The van der Waals surface area contributed by atoms with E-state index in [2.05, 4.69) is 16.8 Å². The second kappa shape index (κ2) is 6.75. The van der Waals surface area contributed by atoms with E-state index in [0.717, 1.165) is 0 Å². The van der Waals surface area contributed by atoms with E-state index < -0.39 is 23.2 Å². The maximum atomic E-state index is 13.2. The minimum Gasteiger partial charge on any atom is -0.275 e. The Bertz CT molecular complexity index is 926. The molecule has 1 fully saturated rings. The van der Waals surface area contributed by atoms with Gasteiger partial charge < -0.3 is 0 Å². The van der Waals surface area contributed by atoms with Crippen molar-refractivity contribution in [1.82, 2.24) is 10.7 Å². The molecular weight excluding hydrogens is 359 g/mol. The maximum Gasteiger partial charge on any atom is 0.343 e. The fourth-order valence-electron chi connectivity index (χ4n) is 2.76. The number of carbonyl (C=O) groups is 2. The number of amides is 3. The quantitative estimate of drug-likeness (QED) is 0.867. The summed E-state index contributed by atoms with van der Waals surface area (Å²) in [5.41, 5.74) is 3.11. The molecule has 0 bridgehead atoms. The third-order valence-electron chi connectivity index (χ3n) is 4.24. The van der Waals surface area contributed by atoms with Gasteiger partial charge in [0, 0.05) is 5.02 Å². The molecule has 0 spiro atoms. The summed E-state index contributed by atoms with van der Waals surface area (Å²) in [5.74, 6) is -0.824. The van der Waals surface area contributed by atoms with Crippen LogP contribution in [0.15, 0.2) is 42.5 Å². The molecule has 1 aliphatic rings. The van der Waals surface area contributed by atoms with Crippen LogP contribution in [0.4, 0.5) is 14.9 Å². The average Bonchev–Trinajstić information content (AvgIpc) is 2.61. The lowest BCUT2D eigenvalue weighted by atomic mass is 9.77. The van der Waals surface area contributed by atoms with Crippen LogP contribution in [0.1, 0.15) is 18.1 Å². The molecule has 0 saturated carbocycles. The van der Waals surface area contributed by atoms with Crippen molar-refractivity contribution in [3.05, 3.63) is 64.4 Å². The van der Waals surface area contributed by atoms with Crippen molar-refractivity contribution < 1.29 is 14.0 Å². The van der Waals surface area contributed by atoms with Gasteiger partial charge in [0.1, 0.15) is 11.2 Å². The van der Waals surface area contributed by atoms with Gasteiger partial charge in [-0.15, -0.1) is 0 Å². The van der Waals surface area contributed by atoms with Crippen molar-refractivity contribution in [2.45, 2.75) is 12.3 Å². The Hall–Kier alpha value is -2.95. The molecule has 0 aliphatic carbocycles. The second-order valence-electron chi connectivity index (χ2n) is 5.93. The average molecular weight is 373 g/mol. The number of halogens is 2. The first kappa shape index (κ1) is 17.9. The molecule has 1 heterocycles. The topological polar surface area (TPSA) is 85.2 Å². The number of hydrogen-bond donors (Lipinski definition) is 2. The van der Waals surface area contributed by atoms with Crippen LogP contribution in [0, 0.1) is 17.1 Å². The molecule has 6 nitrogen and oxygen atoms in total. The summed E-state index contributed by atoms with van der Waals surface area (Å²) in [7, 11) is 0. The minimum absolute atomic E-state index is 0.0450. The fraction of sp³-hybridized carbons (Fsp3) is 0.167. The summed E-state index contributed by atoms with van der Waals surface area (Å²) >= 11 is 6.39. The van der Waals surface area contributed by atoms with Crippen molar-refractivity contribution in [2.75, 3.05) is 11.6 Å². The lowest BCUT2D eigenvalue weighted by Gasteiger charge is -2.29. The van der Waals surface area contributed by atoms with Crippen LogP contribution in [-0.2, 0) is 10.2 Å². The van der Waals surface area contributed by atoms with Gasteiger partial charge in [-0.2, -0.15) is 5.26 Å². The predicted octanol–water partition coefficient (Wildman–Crippen LogP) is 2.87. The molecule has 0 aromatic heterocycles. The van der Waals surface area contributed by atoms with Crippen LogP contribution in [-0.4, -0.2) is 18.5 Å². The summed E-state index contributed by atoms with van der Waals surface area (Å²) in [4.78, 5) is 23.1. The smallest absolute Gasteiger partial charge is 0.275 e. The minimum atomic E-state index is -1.10. The van der Waals surface area contributed by atoms with E-state index in [1.807, 2.05) is 0 Å². The molecule has 3 rings (SSSR count). The molecule has 1 saturated heterocycles. The molecule has 0 radical (unpaired) electrons. The Morgan fingerprint density at radius 3 is 2.50 bits per heavy atom. The molecule has 3 amide bonds. The zero-order valence-corrected chi connectivity index (χ0v) is 14.5. The van der Waals surface area contributed by atoms with Crippen LogP contribution in [0.3, 0.4) is 0 Å². The largest absolute Gasteiger partial charge is 0.343 e. The molecule has 2 aromatic carbocycles. The van der Waals surface area contributed by atoms with E-state index in [-0.39, 0.29) is 11.6 Å². The summed E-state index contributed by atoms with van der Waals surface area (Å²) in [5, 5.41) is 13.4. The van der Waals surface area contributed by atoms with Gasteiger partial charge in [0.15, 0.2) is 0 Å². The Kier molecular flexibility index (Phi) is 4.64. The van der Waals surface area contributed by atoms with Crippen LogP contribution < -0.4 is 15.8 Å². The number of hydrogen-bond acceptors (Lipinski definition) is 4. The summed E-state index contributed by atoms with van der Waals surface area (Å²) in [6.07, 6.45) is 0. The Labute approximate surface area is 154 Å². The van der Waals surface area contributed by atoms with E-state index in [4.69, 9.17) is 11.6 Å². The standard InChI is InChI=1S/C18H14ClFN4O2/c1-18(10-21,11-2-4-12(20)5-3-11)14-7-6-13(8-15(14)19)24-17(26)23-16(25)9-22-24/h2-8,22H,9H2,1H3,(H,23,25,26). The Balaban J connectivity index is 1.98. The molecule has 26 heavy (non-hydrogen) atoms. The fourth-order valence-corrected chi connectivity index (χ4v) is 3.13. The van der Waals surface area contributed by atoms with Crippen LogP contribution in [0.5, 0.6) is 0 Å². The molecule has 8 heteroatoms. The third kappa shape index (κ3) is 3.12. The van der Waals surface area contributed by atoms with E-state index in [0.29, 0.717) is 16.8 Å². The van der Waals surface area contributed by atoms with E-state index >= 15 is 0 Å². The van der Waals surface area contributed by atoms with Crippen molar-refractivity contribution >= 4 is 29.2 Å². The number of urea groups is 1. The summed E-state index contributed by atoms with van der Waals surface area (Å²) in [6.45, 7) is 1.64. The summed E-state index contributed by atoms with van der Waals surface area (Å²) in [6, 6.07) is 12.0. The zero-order valence-electron chi connectivity index (χ0n) is 13.7. The maximum absolute atomic E-state index is 13.2. The number of nitrogens with one attached hydrogen (secondary N) is 2. The molecule has 132 valence electrons. The number of carbonyl (C=O) groups excluding carboxylic acids is 2. The molecule has 1 atom stereocenters. The van der Waals surface area contributed by atoms with E-state index in [1.54, 1.807) is 19.1 Å². The molecule has 1 aliphatic heterocycles. The highest BCUT2D eigenvalue weighted by Gasteiger charge is 2.32. The number of anilines is 1. The van der Waals surface area contributed by atoms with Crippen LogP contribution >= 0.6 is 11.6 Å². The van der Waals surface area contributed by atoms with Crippen molar-refractivity contribution in [3.8, 4) is 6.07 Å². The first-order valence-electron chi connectivity index (χ1n) is 7.70. The monoisotopic (exact) mass is 372 g/mol. The number of benzene rings is 2. The Morgan fingerprint density at radius 1 is 1.23 bits per heavy atom. The number of nitrogens with zero attached hydrogens (tertiary/aromatic N) is 2. The zero-order chi connectivity index (χ0) is 18.9. The lowest BCUT2D eigenvalue weighted by molar-refractivity contribution is -0.119. The molecular formula is C18H14ClFN4O2. The lowest BCUT2D eigenvalue weighted by Crippen LogP contribution is -2.59. The van der Waals surface area contributed by atoms with Gasteiger partial charge in [-0.3, -0.25) is 10.1 Å². The summed E-state index contributed by atoms with van der Waals surface area (Å²) < 4.78 is 13.2. The number of hydrazine groups is 1. The third-order valence-corrected chi connectivity index (χ3v) is 4.55. The van der Waals surface area contributed by atoms with Gasteiger partial charge in [0.25, 0.3) is 0 Å². The van der Waals surface area contributed by atoms with Crippen molar-refractivity contribution in [1.29, 1.82) is 5.26 Å². The van der Waals surface area contributed by atoms with Gasteiger partial charge in [-0.1, -0.05) is 29.8 Å². The Morgan fingerprint density at radius 2 is 1.92 bits per heavy atom. The highest BCUT2D eigenvalue weighted by Crippen LogP contribution is 2.37. The van der Waals surface area contributed by atoms with Gasteiger partial charge in [-0.05, 0) is 42.3 Å². The van der Waals surface area contributed by atoms with Gasteiger partial charge >= 0.3 is 6.03 Å². The van der Waals surface area contributed by atoms with Crippen molar-refractivity contribution in [2.24, 2.45) is 0 Å². The van der Waals surface area contributed by atoms with Gasteiger partial charge in [0.2, 0.25) is 5.91 Å². The molecule has 2 N–H and O–H groups in total. The van der Waals surface area contributed by atoms with Crippen LogP contribution in [0.25, 0.3) is 0 Å². The molecule has 1 unspecified atom stereocenters. The number of imide groups is 1. The highest BCUT2D eigenvalue weighted by molar-refractivity contribution is 6.32. The van der Waals surface area contributed by atoms with Crippen molar-refractivity contribution in [3.63, 3.8) is 0 Å². The normalized spacial score (nSPS) is 16.6. The molecule has 2 aromatic rings. The first-order valence-corrected chi connectivity index (χ1v) is 8.08. The SMILES string of the molecule is CC(C#N)(c1ccc(F)cc1)c1ccc(N2NCC(=O)NC2=O)cc1Cl. The number of nitriles is 1. The highest BCUT2D eigenvalue weighted by atomic mass is 35.5. The van der Waals surface area contributed by atoms with E-state index in [9.17, 15) is 19.2 Å². The van der Waals surface area contributed by atoms with Gasteiger partial charge in [-0.25, -0.2) is 19.6 Å².